The molecule has 4 rings (SSSR count). The summed E-state index contributed by atoms with van der Waals surface area (Å²) in [7, 11) is 4.92. The van der Waals surface area contributed by atoms with Crippen LogP contribution in [-0.2, 0) is 11.8 Å². The highest BCUT2D eigenvalue weighted by Crippen LogP contribution is 2.44. The molecule has 3 aromatic rings. The third-order valence-corrected chi connectivity index (χ3v) is 6.15. The van der Waals surface area contributed by atoms with Crippen LogP contribution in [0.3, 0.4) is 0 Å². The van der Waals surface area contributed by atoms with E-state index in [0.717, 1.165) is 16.2 Å². The van der Waals surface area contributed by atoms with Gasteiger partial charge in [0.05, 0.1) is 24.8 Å². The highest BCUT2D eigenvalue weighted by atomic mass is 32.1. The summed E-state index contributed by atoms with van der Waals surface area (Å²) in [6, 6.07) is 14.9. The summed E-state index contributed by atoms with van der Waals surface area (Å²) in [5, 5.41) is 0. The molecule has 0 N–H and O–H groups in total. The van der Waals surface area contributed by atoms with Crippen molar-refractivity contribution in [1.82, 2.24) is 4.57 Å². The van der Waals surface area contributed by atoms with Crippen LogP contribution in [0, 0.1) is 0 Å². The Kier molecular flexibility index (Phi) is 4.68. The van der Waals surface area contributed by atoms with Crippen LogP contribution in [0.25, 0.3) is 0 Å². The number of ether oxygens (including phenoxy) is 2. The zero-order chi connectivity index (χ0) is 19.8. The van der Waals surface area contributed by atoms with Gasteiger partial charge in [0, 0.05) is 19.4 Å². The van der Waals surface area contributed by atoms with Gasteiger partial charge < -0.3 is 9.47 Å². The van der Waals surface area contributed by atoms with Gasteiger partial charge in [-0.2, -0.15) is 0 Å². The molecule has 1 aromatic heterocycles. The van der Waals surface area contributed by atoms with Crippen molar-refractivity contribution in [3.8, 4) is 11.5 Å². The van der Waals surface area contributed by atoms with Gasteiger partial charge in [0.1, 0.15) is 17.3 Å². The quantitative estimate of drug-likeness (QED) is 0.675. The number of nitrogens with zero attached hydrogens (tertiary/aromatic N) is 2. The first kappa shape index (κ1) is 18.3. The van der Waals surface area contributed by atoms with Crippen molar-refractivity contribution >= 4 is 28.7 Å². The number of rotatable bonds is 4. The molecule has 0 aliphatic carbocycles. The molecule has 0 bridgehead atoms. The lowest BCUT2D eigenvalue weighted by atomic mass is 9.90. The Morgan fingerprint density at radius 1 is 0.929 bits per heavy atom. The summed E-state index contributed by atoms with van der Waals surface area (Å²) < 4.78 is 12.0. The van der Waals surface area contributed by atoms with Gasteiger partial charge in [0.25, 0.3) is 0 Å². The molecule has 7 heteroatoms. The lowest BCUT2D eigenvalue weighted by molar-refractivity contribution is -0.118. The van der Waals surface area contributed by atoms with Gasteiger partial charge in [-0.05, 0) is 42.0 Å². The molecule has 1 atom stereocenters. The largest absolute Gasteiger partial charge is 0.497 e. The smallest absolute Gasteiger partial charge is 0.308 e. The van der Waals surface area contributed by atoms with E-state index in [2.05, 4.69) is 0 Å². The molecule has 2 heterocycles. The van der Waals surface area contributed by atoms with Gasteiger partial charge >= 0.3 is 4.87 Å². The maximum atomic E-state index is 13.1. The molecule has 144 valence electrons. The fourth-order valence-corrected chi connectivity index (χ4v) is 4.62. The van der Waals surface area contributed by atoms with Gasteiger partial charge in [-0.25, -0.2) is 0 Å². The van der Waals surface area contributed by atoms with Crippen molar-refractivity contribution < 1.29 is 14.3 Å². The Balaban J connectivity index is 1.82. The highest BCUT2D eigenvalue weighted by Gasteiger charge is 2.37. The van der Waals surface area contributed by atoms with Crippen LogP contribution >= 0.6 is 11.3 Å². The minimum absolute atomic E-state index is 0.0492. The molecule has 28 heavy (non-hydrogen) atoms. The number of hydrogen-bond acceptors (Lipinski definition) is 5. The van der Waals surface area contributed by atoms with Crippen LogP contribution in [0.5, 0.6) is 11.5 Å². The van der Waals surface area contributed by atoms with E-state index >= 15 is 0 Å². The second-order valence-electron chi connectivity index (χ2n) is 6.57. The molecular formula is C21H20N2O4S. The molecular weight excluding hydrogens is 376 g/mol. The van der Waals surface area contributed by atoms with Crippen LogP contribution < -0.4 is 19.2 Å². The second kappa shape index (κ2) is 7.16. The van der Waals surface area contributed by atoms with Crippen LogP contribution in [0.4, 0.5) is 11.5 Å². The van der Waals surface area contributed by atoms with E-state index in [1.54, 1.807) is 30.7 Å². The lowest BCUT2D eigenvalue weighted by Crippen LogP contribution is -2.34. The summed E-state index contributed by atoms with van der Waals surface area (Å²) in [6.45, 7) is 0. The van der Waals surface area contributed by atoms with Gasteiger partial charge in [0.15, 0.2) is 0 Å². The Morgan fingerprint density at radius 2 is 1.50 bits per heavy atom. The molecule has 0 spiro atoms. The SMILES string of the molecule is COc1ccc([C@@H]2CC(=O)N(c3ccc(OC)cc3)c3c2sc(=O)n3C)cc1. The minimum atomic E-state index is -0.151. The van der Waals surface area contributed by atoms with Crippen molar-refractivity contribution in [3.63, 3.8) is 0 Å². The maximum Gasteiger partial charge on any atom is 0.308 e. The molecule has 0 saturated heterocycles. The van der Waals surface area contributed by atoms with E-state index in [4.69, 9.17) is 9.47 Å². The van der Waals surface area contributed by atoms with Crippen molar-refractivity contribution in [1.29, 1.82) is 0 Å². The third kappa shape index (κ3) is 2.97. The second-order valence-corrected chi connectivity index (χ2v) is 7.57. The number of methoxy groups -OCH3 is 2. The predicted molar refractivity (Wildman–Crippen MR) is 109 cm³/mol. The fraction of sp³-hybridized carbons (Fsp3) is 0.238. The van der Waals surface area contributed by atoms with E-state index in [1.807, 2.05) is 48.5 Å². The first-order valence-corrected chi connectivity index (χ1v) is 9.65. The van der Waals surface area contributed by atoms with Crippen LogP contribution in [-0.4, -0.2) is 24.7 Å². The minimum Gasteiger partial charge on any atom is -0.497 e. The van der Waals surface area contributed by atoms with Crippen molar-refractivity contribution in [2.24, 2.45) is 7.05 Å². The monoisotopic (exact) mass is 396 g/mol. The maximum absolute atomic E-state index is 13.1. The Morgan fingerprint density at radius 3 is 2.07 bits per heavy atom. The first-order chi connectivity index (χ1) is 13.5. The molecule has 6 nitrogen and oxygen atoms in total. The average Bonchev–Trinajstić information content (AvgIpc) is 3.02. The van der Waals surface area contributed by atoms with Crippen LogP contribution in [0.2, 0.25) is 0 Å². The average molecular weight is 396 g/mol. The van der Waals surface area contributed by atoms with Crippen LogP contribution in [0.15, 0.2) is 53.3 Å². The summed E-state index contributed by atoms with van der Waals surface area (Å²) in [5.41, 5.74) is 1.71. The molecule has 0 radical (unpaired) electrons. The topological polar surface area (TPSA) is 60.8 Å². The van der Waals surface area contributed by atoms with Gasteiger partial charge in [-0.1, -0.05) is 23.5 Å². The summed E-state index contributed by atoms with van der Waals surface area (Å²) in [5.74, 6) is 1.90. The number of hydrogen-bond donors (Lipinski definition) is 0. The number of aromatic nitrogens is 1. The summed E-state index contributed by atoms with van der Waals surface area (Å²) in [6.07, 6.45) is 0.297. The Bertz CT molecular complexity index is 1070. The van der Waals surface area contributed by atoms with E-state index in [1.165, 1.54) is 11.3 Å². The molecule has 1 aliphatic rings. The van der Waals surface area contributed by atoms with E-state index < -0.39 is 0 Å². The van der Waals surface area contributed by atoms with E-state index in [-0.39, 0.29) is 16.7 Å². The Hall–Kier alpha value is -3.06. The molecule has 0 unspecified atom stereocenters. The lowest BCUT2D eigenvalue weighted by Gasteiger charge is -2.32. The molecule has 1 aliphatic heterocycles. The number of benzene rings is 2. The number of amides is 1. The Labute approximate surface area is 166 Å². The van der Waals surface area contributed by atoms with Gasteiger partial charge in [-0.3, -0.25) is 19.1 Å². The fourth-order valence-electron chi connectivity index (χ4n) is 3.53. The number of fused-ring (bicyclic) bond motifs is 1. The zero-order valence-corrected chi connectivity index (χ0v) is 16.7. The third-order valence-electron chi connectivity index (χ3n) is 5.01. The standard InChI is InChI=1S/C21H20N2O4S/c1-22-20-19(28-21(22)25)17(13-4-8-15(26-2)9-5-13)12-18(24)23(20)14-6-10-16(27-3)11-7-14/h4-11,17H,12H2,1-3H3/t17-/m0/s1. The first-order valence-electron chi connectivity index (χ1n) is 8.84. The normalized spacial score (nSPS) is 16.0. The predicted octanol–water partition coefficient (Wildman–Crippen LogP) is 3.66. The van der Waals surface area contributed by atoms with Crippen molar-refractivity contribution in [2.45, 2.75) is 12.3 Å². The number of carbonyl (C=O) groups excluding carboxylic acids is 1. The summed E-state index contributed by atoms with van der Waals surface area (Å²) in [4.78, 5) is 28.1. The summed E-state index contributed by atoms with van der Waals surface area (Å²) >= 11 is 1.20. The molecule has 0 saturated carbocycles. The van der Waals surface area contributed by atoms with Crippen LogP contribution in [0.1, 0.15) is 22.8 Å². The van der Waals surface area contributed by atoms with Gasteiger partial charge in [0.2, 0.25) is 5.91 Å². The van der Waals surface area contributed by atoms with E-state index in [0.29, 0.717) is 23.7 Å². The van der Waals surface area contributed by atoms with Gasteiger partial charge in [-0.15, -0.1) is 0 Å². The number of anilines is 2. The molecule has 1 amide bonds. The number of carbonyl (C=O) groups is 1. The number of thiazole rings is 1. The molecule has 0 fully saturated rings. The van der Waals surface area contributed by atoms with E-state index in [9.17, 15) is 9.59 Å². The molecule has 2 aromatic carbocycles. The zero-order valence-electron chi connectivity index (χ0n) is 15.8. The van der Waals surface area contributed by atoms with Crippen molar-refractivity contribution in [3.05, 3.63) is 68.6 Å². The van der Waals surface area contributed by atoms with Crippen molar-refractivity contribution in [2.75, 3.05) is 19.1 Å². The highest BCUT2D eigenvalue weighted by molar-refractivity contribution is 7.10.